The number of amides is 1. The number of halogens is 1. The average molecular weight is 301 g/mol. The SMILES string of the molecule is Cc1nc(C)c(CC(=O)N2CCNC[C@@H]2C)c(=O)[nH]1.Cl. The molecule has 0 spiro atoms. The molecule has 2 N–H and O–H groups in total. The van der Waals surface area contributed by atoms with Crippen molar-refractivity contribution in [3.8, 4) is 0 Å². The van der Waals surface area contributed by atoms with Gasteiger partial charge in [0.2, 0.25) is 5.91 Å². The number of carbonyl (C=O) groups is 1. The maximum absolute atomic E-state index is 12.3. The fourth-order valence-corrected chi connectivity index (χ4v) is 2.42. The second kappa shape index (κ2) is 6.85. The number of aryl methyl sites for hydroxylation is 2. The molecule has 0 radical (unpaired) electrons. The zero-order chi connectivity index (χ0) is 14.0. The summed E-state index contributed by atoms with van der Waals surface area (Å²) in [6.07, 6.45) is 0.124. The lowest BCUT2D eigenvalue weighted by Crippen LogP contribution is -2.52. The summed E-state index contributed by atoms with van der Waals surface area (Å²) in [5.74, 6) is 0.572. The molecule has 1 fully saturated rings. The number of piperazine rings is 1. The Morgan fingerprint density at radius 2 is 2.15 bits per heavy atom. The normalized spacial score (nSPS) is 18.6. The van der Waals surface area contributed by atoms with Gasteiger partial charge >= 0.3 is 0 Å². The van der Waals surface area contributed by atoms with Crippen LogP contribution in [0.4, 0.5) is 0 Å². The van der Waals surface area contributed by atoms with Gasteiger partial charge in [0.05, 0.1) is 6.42 Å². The third kappa shape index (κ3) is 3.58. The number of aromatic nitrogens is 2. The zero-order valence-corrected chi connectivity index (χ0v) is 12.8. The van der Waals surface area contributed by atoms with E-state index in [4.69, 9.17) is 0 Å². The highest BCUT2D eigenvalue weighted by molar-refractivity contribution is 5.85. The molecular formula is C13H21ClN4O2. The van der Waals surface area contributed by atoms with Crippen molar-refractivity contribution < 1.29 is 4.79 Å². The van der Waals surface area contributed by atoms with Crippen LogP contribution in [0, 0.1) is 13.8 Å². The first-order chi connectivity index (χ1) is 8.99. The van der Waals surface area contributed by atoms with Gasteiger partial charge < -0.3 is 15.2 Å². The molecular weight excluding hydrogens is 280 g/mol. The first-order valence-corrected chi connectivity index (χ1v) is 6.55. The molecule has 20 heavy (non-hydrogen) atoms. The summed E-state index contributed by atoms with van der Waals surface area (Å²) < 4.78 is 0. The fraction of sp³-hybridized carbons (Fsp3) is 0.615. The Morgan fingerprint density at radius 3 is 2.75 bits per heavy atom. The molecule has 112 valence electrons. The number of H-pyrrole nitrogens is 1. The van der Waals surface area contributed by atoms with E-state index in [1.54, 1.807) is 13.8 Å². The number of aromatic amines is 1. The van der Waals surface area contributed by atoms with Crippen LogP contribution in [0.2, 0.25) is 0 Å². The molecule has 0 saturated carbocycles. The Labute approximate surface area is 124 Å². The zero-order valence-electron chi connectivity index (χ0n) is 12.0. The van der Waals surface area contributed by atoms with Gasteiger partial charge in [-0.05, 0) is 20.8 Å². The molecule has 0 bridgehead atoms. The second-order valence-corrected chi connectivity index (χ2v) is 5.03. The number of rotatable bonds is 2. The molecule has 0 unspecified atom stereocenters. The van der Waals surface area contributed by atoms with Crippen molar-refractivity contribution >= 4 is 18.3 Å². The maximum Gasteiger partial charge on any atom is 0.254 e. The third-order valence-electron chi connectivity index (χ3n) is 3.49. The minimum atomic E-state index is -0.207. The summed E-state index contributed by atoms with van der Waals surface area (Å²) in [6.45, 7) is 7.81. The lowest BCUT2D eigenvalue weighted by molar-refractivity contribution is -0.133. The van der Waals surface area contributed by atoms with Gasteiger partial charge in [-0.15, -0.1) is 12.4 Å². The largest absolute Gasteiger partial charge is 0.337 e. The molecule has 1 saturated heterocycles. The highest BCUT2D eigenvalue weighted by atomic mass is 35.5. The summed E-state index contributed by atoms with van der Waals surface area (Å²) in [5.41, 5.74) is 0.903. The van der Waals surface area contributed by atoms with Crippen molar-refractivity contribution in [2.45, 2.75) is 33.2 Å². The van der Waals surface area contributed by atoms with Crippen LogP contribution in [0.1, 0.15) is 24.0 Å². The number of nitrogens with one attached hydrogen (secondary N) is 2. The molecule has 0 aliphatic carbocycles. The van der Waals surface area contributed by atoms with E-state index in [1.165, 1.54) is 0 Å². The number of nitrogens with zero attached hydrogens (tertiary/aromatic N) is 2. The molecule has 2 heterocycles. The van der Waals surface area contributed by atoms with E-state index < -0.39 is 0 Å². The Bertz CT molecular complexity index is 544. The van der Waals surface area contributed by atoms with Gasteiger partial charge in [-0.25, -0.2) is 4.98 Å². The van der Waals surface area contributed by atoms with Gasteiger partial charge in [0, 0.05) is 36.9 Å². The monoisotopic (exact) mass is 300 g/mol. The van der Waals surface area contributed by atoms with E-state index in [-0.39, 0.29) is 36.3 Å². The standard InChI is InChI=1S/C13H20N4O2.ClH/c1-8-7-14-4-5-17(8)12(18)6-11-9(2)15-10(3)16-13(11)19;/h8,14H,4-7H2,1-3H3,(H,15,16,19);1H/t8-;/m0./s1. The van der Waals surface area contributed by atoms with E-state index in [9.17, 15) is 9.59 Å². The van der Waals surface area contributed by atoms with E-state index in [2.05, 4.69) is 15.3 Å². The molecule has 1 aromatic rings. The Balaban J connectivity index is 0.00000200. The van der Waals surface area contributed by atoms with E-state index >= 15 is 0 Å². The predicted molar refractivity (Wildman–Crippen MR) is 79.3 cm³/mol. The van der Waals surface area contributed by atoms with Gasteiger partial charge in [0.1, 0.15) is 5.82 Å². The molecule has 1 aromatic heterocycles. The molecule has 0 aromatic carbocycles. The van der Waals surface area contributed by atoms with Crippen LogP contribution in [0.15, 0.2) is 4.79 Å². The first kappa shape index (κ1) is 16.7. The van der Waals surface area contributed by atoms with Crippen LogP contribution >= 0.6 is 12.4 Å². The highest BCUT2D eigenvalue weighted by Crippen LogP contribution is 2.07. The van der Waals surface area contributed by atoms with E-state index in [0.29, 0.717) is 23.6 Å². The third-order valence-corrected chi connectivity index (χ3v) is 3.49. The van der Waals surface area contributed by atoms with Crippen molar-refractivity contribution in [1.29, 1.82) is 0 Å². The first-order valence-electron chi connectivity index (χ1n) is 6.55. The topological polar surface area (TPSA) is 78.1 Å². The predicted octanol–water partition coefficient (Wildman–Crippen LogP) is 0.171. The molecule has 1 amide bonds. The number of hydrogen-bond acceptors (Lipinski definition) is 4. The minimum absolute atomic E-state index is 0. The summed E-state index contributed by atoms with van der Waals surface area (Å²) in [5, 5.41) is 3.24. The molecule has 7 heteroatoms. The Kier molecular flexibility index (Phi) is 5.71. The smallest absolute Gasteiger partial charge is 0.254 e. The van der Waals surface area contributed by atoms with Crippen molar-refractivity contribution in [3.63, 3.8) is 0 Å². The second-order valence-electron chi connectivity index (χ2n) is 5.03. The molecule has 2 rings (SSSR count). The molecule has 1 aliphatic heterocycles. The quantitative estimate of drug-likeness (QED) is 0.816. The van der Waals surface area contributed by atoms with Gasteiger partial charge in [0.25, 0.3) is 5.56 Å². The van der Waals surface area contributed by atoms with Crippen LogP contribution in [0.3, 0.4) is 0 Å². The number of hydrogen-bond donors (Lipinski definition) is 2. The van der Waals surface area contributed by atoms with E-state index in [1.807, 2.05) is 11.8 Å². The van der Waals surface area contributed by atoms with Crippen LogP contribution in [-0.4, -0.2) is 46.5 Å². The summed E-state index contributed by atoms with van der Waals surface area (Å²) in [4.78, 5) is 32.9. The van der Waals surface area contributed by atoms with Crippen LogP contribution in [-0.2, 0) is 11.2 Å². The van der Waals surface area contributed by atoms with Crippen LogP contribution in [0.5, 0.6) is 0 Å². The van der Waals surface area contributed by atoms with Gasteiger partial charge in [0.15, 0.2) is 0 Å². The average Bonchev–Trinajstić information content (AvgIpc) is 2.34. The maximum atomic E-state index is 12.3. The Hall–Kier alpha value is -1.40. The molecule has 1 atom stereocenters. The van der Waals surface area contributed by atoms with E-state index in [0.717, 1.165) is 13.1 Å². The van der Waals surface area contributed by atoms with Gasteiger partial charge in [-0.3, -0.25) is 9.59 Å². The lowest BCUT2D eigenvalue weighted by Gasteiger charge is -2.34. The summed E-state index contributed by atoms with van der Waals surface area (Å²) >= 11 is 0. The van der Waals surface area contributed by atoms with Crippen molar-refractivity contribution in [2.24, 2.45) is 0 Å². The van der Waals surface area contributed by atoms with Gasteiger partial charge in [-0.2, -0.15) is 0 Å². The highest BCUT2D eigenvalue weighted by Gasteiger charge is 2.24. The summed E-state index contributed by atoms with van der Waals surface area (Å²) in [7, 11) is 0. The molecule has 6 nitrogen and oxygen atoms in total. The lowest BCUT2D eigenvalue weighted by atomic mass is 10.1. The van der Waals surface area contributed by atoms with Gasteiger partial charge in [-0.1, -0.05) is 0 Å². The van der Waals surface area contributed by atoms with Crippen molar-refractivity contribution in [1.82, 2.24) is 20.2 Å². The van der Waals surface area contributed by atoms with Crippen molar-refractivity contribution in [2.75, 3.05) is 19.6 Å². The van der Waals surface area contributed by atoms with Crippen LogP contribution < -0.4 is 10.9 Å². The van der Waals surface area contributed by atoms with Crippen molar-refractivity contribution in [3.05, 3.63) is 27.4 Å². The fourth-order valence-electron chi connectivity index (χ4n) is 2.42. The summed E-state index contributed by atoms with van der Waals surface area (Å²) in [6, 6.07) is 0.166. The molecule has 1 aliphatic rings. The van der Waals surface area contributed by atoms with Crippen LogP contribution in [0.25, 0.3) is 0 Å². The Morgan fingerprint density at radius 1 is 1.45 bits per heavy atom. The number of carbonyl (C=O) groups excluding carboxylic acids is 1. The minimum Gasteiger partial charge on any atom is -0.337 e.